The molecule has 24 heavy (non-hydrogen) atoms. The number of nitro benzene ring substituents is 1. The average Bonchev–Trinajstić information content (AvgIpc) is 2.85. The van der Waals surface area contributed by atoms with Gasteiger partial charge in [-0.1, -0.05) is 19.4 Å². The standard InChI is InChI=1S/C14H14F3N3O4/c1-2-4-10-8-13(22,14(15,16)17)19(18-10)12(21)9-5-3-6-11(7-9)20(23)24/h3,5-7,22H,2,4,8H2,1H3/t13-/m0/s1. The number of aliphatic hydroxyl groups is 1. The predicted molar refractivity (Wildman–Crippen MR) is 77.2 cm³/mol. The Hall–Kier alpha value is -2.49. The molecule has 1 N–H and O–H groups in total. The summed E-state index contributed by atoms with van der Waals surface area (Å²) in [6, 6.07) is 4.24. The Kier molecular flexibility index (Phi) is 4.61. The normalized spacial score (nSPS) is 20.9. The van der Waals surface area contributed by atoms with Gasteiger partial charge >= 0.3 is 6.18 Å². The molecule has 7 nitrogen and oxygen atoms in total. The number of hydrogen-bond acceptors (Lipinski definition) is 5. The summed E-state index contributed by atoms with van der Waals surface area (Å²) >= 11 is 0. The summed E-state index contributed by atoms with van der Waals surface area (Å²) in [5, 5.41) is 24.3. The highest BCUT2D eigenvalue weighted by Crippen LogP contribution is 2.41. The van der Waals surface area contributed by atoms with Crippen molar-refractivity contribution in [2.45, 2.75) is 38.1 Å². The monoisotopic (exact) mass is 345 g/mol. The lowest BCUT2D eigenvalue weighted by atomic mass is 10.0. The first kappa shape index (κ1) is 17.9. The number of hydrogen-bond donors (Lipinski definition) is 1. The molecular formula is C14H14F3N3O4. The molecule has 0 aliphatic carbocycles. The first-order valence-corrected chi connectivity index (χ1v) is 7.04. The van der Waals surface area contributed by atoms with E-state index in [1.54, 1.807) is 6.92 Å². The summed E-state index contributed by atoms with van der Waals surface area (Å²) in [7, 11) is 0. The second-order valence-corrected chi connectivity index (χ2v) is 5.33. The van der Waals surface area contributed by atoms with E-state index in [1.165, 1.54) is 6.07 Å². The van der Waals surface area contributed by atoms with Gasteiger partial charge in [0, 0.05) is 29.8 Å². The molecule has 0 saturated heterocycles. The third-order valence-electron chi connectivity index (χ3n) is 3.53. The van der Waals surface area contributed by atoms with Gasteiger partial charge in [0.1, 0.15) is 0 Å². The van der Waals surface area contributed by atoms with Gasteiger partial charge in [-0.05, 0) is 12.5 Å². The SMILES string of the molecule is CCCC1=NN(C(=O)c2cccc([N+](=O)[O-])c2)[C@@](O)(C(F)(F)F)C1. The van der Waals surface area contributed by atoms with Gasteiger partial charge in [0.15, 0.2) is 0 Å². The van der Waals surface area contributed by atoms with Crippen LogP contribution in [0.5, 0.6) is 0 Å². The van der Waals surface area contributed by atoms with Crippen LogP contribution in [-0.2, 0) is 0 Å². The largest absolute Gasteiger partial charge is 0.438 e. The number of benzene rings is 1. The van der Waals surface area contributed by atoms with Crippen LogP contribution >= 0.6 is 0 Å². The summed E-state index contributed by atoms with van der Waals surface area (Å²) in [6.45, 7) is 1.72. The second-order valence-electron chi connectivity index (χ2n) is 5.33. The molecule has 1 atom stereocenters. The lowest BCUT2D eigenvalue weighted by Gasteiger charge is -2.32. The Morgan fingerprint density at radius 2 is 2.17 bits per heavy atom. The lowest BCUT2D eigenvalue weighted by Crippen LogP contribution is -2.56. The summed E-state index contributed by atoms with van der Waals surface area (Å²) in [4.78, 5) is 22.3. The van der Waals surface area contributed by atoms with Crippen molar-refractivity contribution >= 4 is 17.3 Å². The van der Waals surface area contributed by atoms with Gasteiger partial charge < -0.3 is 5.11 Å². The van der Waals surface area contributed by atoms with Crippen LogP contribution in [0.25, 0.3) is 0 Å². The minimum absolute atomic E-state index is 0.0307. The third-order valence-corrected chi connectivity index (χ3v) is 3.53. The van der Waals surface area contributed by atoms with Gasteiger partial charge in [-0.15, -0.1) is 0 Å². The topological polar surface area (TPSA) is 96.0 Å². The first-order valence-electron chi connectivity index (χ1n) is 7.04. The summed E-state index contributed by atoms with van der Waals surface area (Å²) in [5.41, 5.74) is -4.24. The molecule has 1 aromatic carbocycles. The van der Waals surface area contributed by atoms with Crippen LogP contribution in [0.15, 0.2) is 29.4 Å². The van der Waals surface area contributed by atoms with Crippen molar-refractivity contribution in [1.82, 2.24) is 5.01 Å². The number of amides is 1. The summed E-state index contributed by atoms with van der Waals surface area (Å²) in [5.74, 6) is -1.26. The molecule has 1 amide bonds. The zero-order valence-corrected chi connectivity index (χ0v) is 12.6. The Morgan fingerprint density at radius 1 is 1.50 bits per heavy atom. The van der Waals surface area contributed by atoms with Crippen LogP contribution in [0.4, 0.5) is 18.9 Å². The highest BCUT2D eigenvalue weighted by molar-refractivity contribution is 5.98. The van der Waals surface area contributed by atoms with Crippen LogP contribution in [0, 0.1) is 10.1 Å². The zero-order chi connectivity index (χ0) is 18.1. The van der Waals surface area contributed by atoms with Crippen LogP contribution in [0.2, 0.25) is 0 Å². The van der Waals surface area contributed by atoms with Gasteiger partial charge in [0.25, 0.3) is 17.3 Å². The van der Waals surface area contributed by atoms with Crippen LogP contribution in [-0.4, -0.2) is 38.6 Å². The van der Waals surface area contributed by atoms with Crippen LogP contribution < -0.4 is 0 Å². The maximum absolute atomic E-state index is 13.3. The molecule has 1 heterocycles. The van der Waals surface area contributed by atoms with Gasteiger partial charge in [-0.25, -0.2) is 0 Å². The predicted octanol–water partition coefficient (Wildman–Crippen LogP) is 2.85. The molecular weight excluding hydrogens is 331 g/mol. The minimum atomic E-state index is -5.12. The Balaban J connectivity index is 2.44. The zero-order valence-electron chi connectivity index (χ0n) is 12.6. The fourth-order valence-corrected chi connectivity index (χ4v) is 2.35. The molecule has 130 valence electrons. The maximum atomic E-state index is 13.3. The quantitative estimate of drug-likeness (QED) is 0.670. The molecule has 0 fully saturated rings. The van der Waals surface area contributed by atoms with E-state index in [0.717, 1.165) is 18.2 Å². The van der Waals surface area contributed by atoms with Crippen molar-refractivity contribution in [3.05, 3.63) is 39.9 Å². The molecule has 10 heteroatoms. The minimum Gasteiger partial charge on any atom is -0.362 e. The molecule has 0 aromatic heterocycles. The van der Waals surface area contributed by atoms with Crippen molar-refractivity contribution in [2.75, 3.05) is 0 Å². The van der Waals surface area contributed by atoms with Crippen LogP contribution in [0.1, 0.15) is 36.5 Å². The number of carbonyl (C=O) groups is 1. The number of carbonyl (C=O) groups excluding carboxylic acids is 1. The van der Waals surface area contributed by atoms with Crippen molar-refractivity contribution in [3.63, 3.8) is 0 Å². The van der Waals surface area contributed by atoms with Crippen molar-refractivity contribution < 1.29 is 28.0 Å². The Bertz CT molecular complexity index is 705. The number of rotatable bonds is 4. The van der Waals surface area contributed by atoms with Gasteiger partial charge in [-0.3, -0.25) is 14.9 Å². The van der Waals surface area contributed by atoms with E-state index in [1.807, 2.05) is 0 Å². The van der Waals surface area contributed by atoms with Gasteiger partial charge in [0.05, 0.1) is 4.92 Å². The van der Waals surface area contributed by atoms with Crippen molar-refractivity contribution in [3.8, 4) is 0 Å². The number of nitrogens with zero attached hydrogens (tertiary/aromatic N) is 3. The van der Waals surface area contributed by atoms with E-state index in [0.29, 0.717) is 6.42 Å². The number of alkyl halides is 3. The third kappa shape index (κ3) is 3.09. The van der Waals surface area contributed by atoms with Crippen molar-refractivity contribution in [2.24, 2.45) is 5.10 Å². The summed E-state index contributed by atoms with van der Waals surface area (Å²) in [6.07, 6.45) is -5.28. The Morgan fingerprint density at radius 3 is 2.71 bits per heavy atom. The molecule has 0 radical (unpaired) electrons. The fourth-order valence-electron chi connectivity index (χ4n) is 2.35. The number of halogens is 3. The first-order chi connectivity index (χ1) is 11.1. The second kappa shape index (κ2) is 6.19. The molecule has 0 unspecified atom stereocenters. The average molecular weight is 345 g/mol. The van der Waals surface area contributed by atoms with Crippen molar-refractivity contribution in [1.29, 1.82) is 0 Å². The smallest absolute Gasteiger partial charge is 0.362 e. The van der Waals surface area contributed by atoms with E-state index in [2.05, 4.69) is 5.10 Å². The van der Waals surface area contributed by atoms with Gasteiger partial charge in [-0.2, -0.15) is 23.3 Å². The Labute approximate surface area is 134 Å². The highest BCUT2D eigenvalue weighted by atomic mass is 19.4. The van der Waals surface area contributed by atoms with E-state index in [9.17, 15) is 33.2 Å². The lowest BCUT2D eigenvalue weighted by molar-refractivity contribution is -0.384. The number of non-ortho nitro benzene ring substituents is 1. The van der Waals surface area contributed by atoms with E-state index in [4.69, 9.17) is 0 Å². The molecule has 0 bridgehead atoms. The van der Waals surface area contributed by atoms with Gasteiger partial charge in [0.2, 0.25) is 0 Å². The van der Waals surface area contributed by atoms with E-state index >= 15 is 0 Å². The molecule has 1 aromatic rings. The molecule has 2 rings (SSSR count). The maximum Gasteiger partial charge on any atom is 0.438 e. The molecule has 0 spiro atoms. The fraction of sp³-hybridized carbons (Fsp3) is 0.429. The highest BCUT2D eigenvalue weighted by Gasteiger charge is 2.63. The van der Waals surface area contributed by atoms with Crippen LogP contribution in [0.3, 0.4) is 0 Å². The van der Waals surface area contributed by atoms with E-state index in [-0.39, 0.29) is 22.7 Å². The van der Waals surface area contributed by atoms with E-state index < -0.39 is 34.8 Å². The molecule has 1 aliphatic heterocycles. The number of hydrazone groups is 1. The molecule has 0 saturated carbocycles. The number of nitro groups is 1. The summed E-state index contributed by atoms with van der Waals surface area (Å²) < 4.78 is 39.8. The molecule has 1 aliphatic rings.